The second kappa shape index (κ2) is 5.20. The molecule has 0 saturated carbocycles. The third-order valence-corrected chi connectivity index (χ3v) is 2.96. The van der Waals surface area contributed by atoms with E-state index in [2.05, 4.69) is 0 Å². The van der Waals surface area contributed by atoms with Crippen LogP contribution in [-0.2, 0) is 6.42 Å². The lowest BCUT2D eigenvalue weighted by molar-refractivity contribution is 0.0693. The van der Waals surface area contributed by atoms with E-state index in [9.17, 15) is 15.0 Å². The van der Waals surface area contributed by atoms with E-state index < -0.39 is 5.97 Å². The largest absolute Gasteiger partial charge is 0.508 e. The van der Waals surface area contributed by atoms with Crippen molar-refractivity contribution in [2.45, 2.75) is 6.42 Å². The van der Waals surface area contributed by atoms with Crippen LogP contribution in [0.25, 0.3) is 0 Å². The van der Waals surface area contributed by atoms with Gasteiger partial charge in [0, 0.05) is 11.4 Å². The van der Waals surface area contributed by atoms with Crippen LogP contribution in [0, 0.1) is 0 Å². The minimum Gasteiger partial charge on any atom is -0.508 e. The van der Waals surface area contributed by atoms with Crippen molar-refractivity contribution >= 4 is 17.6 Å². The van der Waals surface area contributed by atoms with Gasteiger partial charge in [-0.3, -0.25) is 0 Å². The fourth-order valence-electron chi connectivity index (χ4n) is 1.78. The third kappa shape index (κ3) is 2.98. The highest BCUT2D eigenvalue weighted by Gasteiger charge is 2.11. The van der Waals surface area contributed by atoms with Crippen molar-refractivity contribution in [1.29, 1.82) is 0 Å². The summed E-state index contributed by atoms with van der Waals surface area (Å²) in [4.78, 5) is 10.8. The molecular weight excluding hydrogens is 268 g/mol. The molecule has 19 heavy (non-hydrogen) atoms. The Kier molecular flexibility index (Phi) is 3.62. The zero-order valence-electron chi connectivity index (χ0n) is 9.80. The van der Waals surface area contributed by atoms with Gasteiger partial charge in [0.05, 0.1) is 0 Å². The number of carboxylic acid groups (broad SMARTS) is 1. The standard InChI is InChI=1S/C14H11ClO4/c15-10-2-4-12(16)9(7-10)5-8-1-3-11(14(18)19)13(17)6-8/h1-4,6-7,16-17H,5H2,(H,18,19). The summed E-state index contributed by atoms with van der Waals surface area (Å²) >= 11 is 5.84. The molecule has 0 aliphatic carbocycles. The molecule has 0 radical (unpaired) electrons. The first-order chi connectivity index (χ1) is 8.97. The Labute approximate surface area is 114 Å². The molecule has 5 heteroatoms. The van der Waals surface area contributed by atoms with E-state index in [1.165, 1.54) is 18.2 Å². The molecule has 0 unspecified atom stereocenters. The van der Waals surface area contributed by atoms with Crippen LogP contribution < -0.4 is 0 Å². The van der Waals surface area contributed by atoms with E-state index in [1.807, 2.05) is 0 Å². The first-order valence-electron chi connectivity index (χ1n) is 5.50. The average Bonchev–Trinajstić information content (AvgIpc) is 2.33. The van der Waals surface area contributed by atoms with E-state index >= 15 is 0 Å². The van der Waals surface area contributed by atoms with Gasteiger partial charge in [-0.25, -0.2) is 4.79 Å². The molecule has 2 aromatic carbocycles. The van der Waals surface area contributed by atoms with Gasteiger partial charge in [0.15, 0.2) is 0 Å². The highest BCUT2D eigenvalue weighted by molar-refractivity contribution is 6.30. The van der Waals surface area contributed by atoms with Gasteiger partial charge in [0.1, 0.15) is 17.1 Å². The minimum absolute atomic E-state index is 0.103. The lowest BCUT2D eigenvalue weighted by Gasteiger charge is -2.07. The van der Waals surface area contributed by atoms with Crippen molar-refractivity contribution in [3.05, 3.63) is 58.1 Å². The topological polar surface area (TPSA) is 77.8 Å². The summed E-state index contributed by atoms with van der Waals surface area (Å²) in [6.45, 7) is 0. The Hall–Kier alpha value is -2.20. The van der Waals surface area contributed by atoms with Crippen LogP contribution in [0.15, 0.2) is 36.4 Å². The molecule has 2 rings (SSSR count). The van der Waals surface area contributed by atoms with E-state index in [-0.39, 0.29) is 17.1 Å². The number of halogens is 1. The van der Waals surface area contributed by atoms with Crippen molar-refractivity contribution in [2.24, 2.45) is 0 Å². The van der Waals surface area contributed by atoms with Crippen molar-refractivity contribution in [2.75, 3.05) is 0 Å². The maximum absolute atomic E-state index is 10.8. The normalized spacial score (nSPS) is 10.4. The number of phenols is 2. The molecule has 0 heterocycles. The molecule has 0 fully saturated rings. The van der Waals surface area contributed by atoms with Gasteiger partial charge >= 0.3 is 5.97 Å². The number of aromatic hydroxyl groups is 2. The summed E-state index contributed by atoms with van der Waals surface area (Å²) in [6, 6.07) is 8.97. The number of hydrogen-bond donors (Lipinski definition) is 3. The van der Waals surface area contributed by atoms with Gasteiger partial charge in [-0.1, -0.05) is 17.7 Å². The van der Waals surface area contributed by atoms with Gasteiger partial charge < -0.3 is 15.3 Å². The zero-order valence-corrected chi connectivity index (χ0v) is 10.6. The highest BCUT2D eigenvalue weighted by atomic mass is 35.5. The van der Waals surface area contributed by atoms with E-state index in [0.29, 0.717) is 22.6 Å². The van der Waals surface area contributed by atoms with Crippen LogP contribution in [0.4, 0.5) is 0 Å². The number of carboxylic acids is 1. The van der Waals surface area contributed by atoms with Gasteiger partial charge in [0.2, 0.25) is 0 Å². The number of benzene rings is 2. The van der Waals surface area contributed by atoms with Crippen molar-refractivity contribution in [1.82, 2.24) is 0 Å². The predicted molar refractivity (Wildman–Crippen MR) is 71.0 cm³/mol. The molecule has 4 nitrogen and oxygen atoms in total. The molecular formula is C14H11ClO4. The Morgan fingerprint density at radius 2 is 1.79 bits per heavy atom. The average molecular weight is 279 g/mol. The lowest BCUT2D eigenvalue weighted by Crippen LogP contribution is -1.98. The molecule has 98 valence electrons. The second-order valence-electron chi connectivity index (χ2n) is 4.11. The summed E-state index contributed by atoms with van der Waals surface area (Å²) in [7, 11) is 0. The zero-order chi connectivity index (χ0) is 14.0. The Morgan fingerprint density at radius 3 is 2.42 bits per heavy atom. The van der Waals surface area contributed by atoms with Crippen LogP contribution in [0.5, 0.6) is 11.5 Å². The van der Waals surface area contributed by atoms with Gasteiger partial charge in [-0.05, 0) is 41.5 Å². The molecule has 0 atom stereocenters. The smallest absolute Gasteiger partial charge is 0.339 e. The van der Waals surface area contributed by atoms with Gasteiger partial charge in [-0.15, -0.1) is 0 Å². The molecule has 2 aromatic rings. The number of aromatic carboxylic acids is 1. The number of carbonyl (C=O) groups is 1. The second-order valence-corrected chi connectivity index (χ2v) is 4.54. The first-order valence-corrected chi connectivity index (χ1v) is 5.88. The van der Waals surface area contributed by atoms with Crippen LogP contribution in [0.1, 0.15) is 21.5 Å². The third-order valence-electron chi connectivity index (χ3n) is 2.73. The Balaban J connectivity index is 2.31. The molecule has 0 aromatic heterocycles. The quantitative estimate of drug-likeness (QED) is 0.806. The van der Waals surface area contributed by atoms with Crippen LogP contribution >= 0.6 is 11.6 Å². The summed E-state index contributed by atoms with van der Waals surface area (Å²) in [5.41, 5.74) is 1.13. The van der Waals surface area contributed by atoms with E-state index in [4.69, 9.17) is 16.7 Å². The van der Waals surface area contributed by atoms with E-state index in [0.717, 1.165) is 0 Å². The molecule has 0 saturated heterocycles. The summed E-state index contributed by atoms with van der Waals surface area (Å²) in [6.07, 6.45) is 0.347. The molecule has 0 spiro atoms. The van der Waals surface area contributed by atoms with E-state index in [1.54, 1.807) is 18.2 Å². The van der Waals surface area contributed by atoms with Crippen molar-refractivity contribution in [3.63, 3.8) is 0 Å². The number of phenolic OH excluding ortho intramolecular Hbond substituents is 1. The van der Waals surface area contributed by atoms with Crippen LogP contribution in [-0.4, -0.2) is 21.3 Å². The fraction of sp³-hybridized carbons (Fsp3) is 0.0714. The van der Waals surface area contributed by atoms with Crippen molar-refractivity contribution in [3.8, 4) is 11.5 Å². The fourth-order valence-corrected chi connectivity index (χ4v) is 1.98. The summed E-state index contributed by atoms with van der Waals surface area (Å²) in [5, 5.41) is 28.6. The van der Waals surface area contributed by atoms with Gasteiger partial charge in [0.25, 0.3) is 0 Å². The summed E-state index contributed by atoms with van der Waals surface area (Å²) < 4.78 is 0. The minimum atomic E-state index is -1.19. The molecule has 0 bridgehead atoms. The molecule has 0 aliphatic rings. The lowest BCUT2D eigenvalue weighted by atomic mass is 10.0. The Morgan fingerprint density at radius 1 is 1.05 bits per heavy atom. The van der Waals surface area contributed by atoms with Crippen molar-refractivity contribution < 1.29 is 20.1 Å². The predicted octanol–water partition coefficient (Wildman–Crippen LogP) is 3.04. The summed E-state index contributed by atoms with van der Waals surface area (Å²) in [5.74, 6) is -1.38. The molecule has 0 amide bonds. The number of rotatable bonds is 3. The monoisotopic (exact) mass is 278 g/mol. The maximum atomic E-state index is 10.8. The maximum Gasteiger partial charge on any atom is 0.339 e. The molecule has 0 aliphatic heterocycles. The molecule has 3 N–H and O–H groups in total. The first kappa shape index (κ1) is 13.2. The highest BCUT2D eigenvalue weighted by Crippen LogP contribution is 2.26. The Bertz CT molecular complexity index is 637. The van der Waals surface area contributed by atoms with Gasteiger partial charge in [-0.2, -0.15) is 0 Å². The van der Waals surface area contributed by atoms with Crippen LogP contribution in [0.3, 0.4) is 0 Å². The van der Waals surface area contributed by atoms with Crippen LogP contribution in [0.2, 0.25) is 5.02 Å². The number of hydrogen-bond acceptors (Lipinski definition) is 3. The SMILES string of the molecule is O=C(O)c1ccc(Cc2cc(Cl)ccc2O)cc1O.